The van der Waals surface area contributed by atoms with E-state index in [-0.39, 0.29) is 5.92 Å². The third-order valence-corrected chi connectivity index (χ3v) is 3.13. The van der Waals surface area contributed by atoms with E-state index < -0.39 is 0 Å². The van der Waals surface area contributed by atoms with Crippen molar-refractivity contribution in [1.29, 1.82) is 5.26 Å². The quantitative estimate of drug-likeness (QED) is 0.720. The molecule has 0 saturated carbocycles. The van der Waals surface area contributed by atoms with E-state index in [4.69, 9.17) is 0 Å². The van der Waals surface area contributed by atoms with Gasteiger partial charge in [0.2, 0.25) is 0 Å². The second-order valence-electron chi connectivity index (χ2n) is 4.43. The standard InChI is InChI=1S/C18H17N/c1-2-9-17(14-19)18(15-10-5-3-6-11-15)16-12-7-4-8-13-16/h3-13,18H,2H2,1H3. The van der Waals surface area contributed by atoms with Gasteiger partial charge in [-0.1, -0.05) is 73.7 Å². The predicted octanol–water partition coefficient (Wildman–Crippen LogP) is 4.68. The highest BCUT2D eigenvalue weighted by Crippen LogP contribution is 2.31. The van der Waals surface area contributed by atoms with E-state index in [1.165, 1.54) is 0 Å². The Labute approximate surface area is 114 Å². The van der Waals surface area contributed by atoms with Crippen LogP contribution in [0.15, 0.2) is 72.3 Å². The molecule has 0 aliphatic rings. The number of nitrogens with zero attached hydrogens (tertiary/aromatic N) is 1. The maximum Gasteiger partial charge on any atom is 0.0953 e. The lowest BCUT2D eigenvalue weighted by molar-refractivity contribution is 0.965. The highest BCUT2D eigenvalue weighted by Gasteiger charge is 2.18. The topological polar surface area (TPSA) is 23.8 Å². The minimum absolute atomic E-state index is 0.0346. The van der Waals surface area contributed by atoms with Gasteiger partial charge in [-0.05, 0) is 17.5 Å². The zero-order chi connectivity index (χ0) is 13.5. The average Bonchev–Trinajstić information content (AvgIpc) is 2.49. The molecule has 0 amide bonds. The Bertz CT molecular complexity index is 537. The number of nitriles is 1. The van der Waals surface area contributed by atoms with Crippen molar-refractivity contribution in [1.82, 2.24) is 0 Å². The Kier molecular flexibility index (Phi) is 4.53. The van der Waals surface area contributed by atoms with Crippen molar-refractivity contribution >= 4 is 0 Å². The Hall–Kier alpha value is -2.33. The monoisotopic (exact) mass is 247 g/mol. The van der Waals surface area contributed by atoms with Crippen LogP contribution in [-0.2, 0) is 0 Å². The predicted molar refractivity (Wildman–Crippen MR) is 78.7 cm³/mol. The van der Waals surface area contributed by atoms with Gasteiger partial charge >= 0.3 is 0 Å². The van der Waals surface area contributed by atoms with Gasteiger partial charge in [0.05, 0.1) is 6.07 Å². The van der Waals surface area contributed by atoms with Crippen molar-refractivity contribution in [3.8, 4) is 6.07 Å². The third-order valence-electron chi connectivity index (χ3n) is 3.13. The summed E-state index contributed by atoms with van der Waals surface area (Å²) >= 11 is 0. The molecule has 0 saturated heterocycles. The van der Waals surface area contributed by atoms with Crippen LogP contribution in [-0.4, -0.2) is 0 Å². The van der Waals surface area contributed by atoms with Crippen molar-refractivity contribution < 1.29 is 0 Å². The molecular formula is C18H17N. The maximum atomic E-state index is 9.43. The van der Waals surface area contributed by atoms with Crippen molar-refractivity contribution in [2.75, 3.05) is 0 Å². The summed E-state index contributed by atoms with van der Waals surface area (Å²) in [6, 6.07) is 22.8. The summed E-state index contributed by atoms with van der Waals surface area (Å²) in [4.78, 5) is 0. The van der Waals surface area contributed by atoms with Crippen LogP contribution in [0.1, 0.15) is 30.4 Å². The van der Waals surface area contributed by atoms with Gasteiger partial charge in [0.15, 0.2) is 0 Å². The lowest BCUT2D eigenvalue weighted by Gasteiger charge is -2.17. The molecule has 2 rings (SSSR count). The van der Waals surface area contributed by atoms with Crippen LogP contribution in [0.5, 0.6) is 0 Å². The van der Waals surface area contributed by atoms with Crippen molar-refractivity contribution in [2.45, 2.75) is 19.3 Å². The molecule has 0 N–H and O–H groups in total. The lowest BCUT2D eigenvalue weighted by Crippen LogP contribution is -2.03. The molecule has 19 heavy (non-hydrogen) atoms. The SMILES string of the molecule is CCC=C(C#N)C(c1ccccc1)c1ccccc1. The number of hydrogen-bond donors (Lipinski definition) is 0. The van der Waals surface area contributed by atoms with E-state index in [0.717, 1.165) is 23.1 Å². The highest BCUT2D eigenvalue weighted by atomic mass is 14.3. The minimum atomic E-state index is 0.0346. The van der Waals surface area contributed by atoms with E-state index in [2.05, 4.69) is 37.3 Å². The summed E-state index contributed by atoms with van der Waals surface area (Å²) in [6.07, 6.45) is 2.89. The number of hydrogen-bond acceptors (Lipinski definition) is 1. The highest BCUT2D eigenvalue weighted by molar-refractivity contribution is 5.45. The van der Waals surface area contributed by atoms with Crippen LogP contribution in [0.4, 0.5) is 0 Å². The van der Waals surface area contributed by atoms with Gasteiger partial charge in [-0.3, -0.25) is 0 Å². The minimum Gasteiger partial charge on any atom is -0.193 e. The Morgan fingerprint density at radius 3 is 1.84 bits per heavy atom. The zero-order valence-electron chi connectivity index (χ0n) is 11.1. The molecule has 0 spiro atoms. The molecule has 0 unspecified atom stereocenters. The maximum absolute atomic E-state index is 9.43. The summed E-state index contributed by atoms with van der Waals surface area (Å²) in [7, 11) is 0. The number of allylic oxidation sites excluding steroid dienone is 2. The summed E-state index contributed by atoms with van der Waals surface area (Å²) in [5.41, 5.74) is 3.14. The molecule has 2 aromatic rings. The van der Waals surface area contributed by atoms with E-state index in [9.17, 15) is 5.26 Å². The summed E-state index contributed by atoms with van der Waals surface area (Å²) in [5, 5.41) is 9.43. The molecule has 0 fully saturated rings. The normalized spacial score (nSPS) is 11.3. The van der Waals surface area contributed by atoms with E-state index in [0.29, 0.717) is 0 Å². The van der Waals surface area contributed by atoms with Crippen molar-refractivity contribution in [3.05, 3.63) is 83.4 Å². The molecule has 1 heteroatoms. The molecule has 0 aliphatic heterocycles. The summed E-state index contributed by atoms with van der Waals surface area (Å²) in [6.45, 7) is 2.06. The molecule has 0 aromatic heterocycles. The van der Waals surface area contributed by atoms with Crippen LogP contribution >= 0.6 is 0 Å². The van der Waals surface area contributed by atoms with Gasteiger partial charge in [-0.15, -0.1) is 0 Å². The van der Waals surface area contributed by atoms with Gasteiger partial charge in [-0.25, -0.2) is 0 Å². The third kappa shape index (κ3) is 3.11. The second-order valence-corrected chi connectivity index (χ2v) is 4.43. The van der Waals surface area contributed by atoms with Gasteiger partial charge < -0.3 is 0 Å². The van der Waals surface area contributed by atoms with E-state index in [1.807, 2.05) is 42.5 Å². The molecule has 94 valence electrons. The fraction of sp³-hybridized carbons (Fsp3) is 0.167. The smallest absolute Gasteiger partial charge is 0.0953 e. The first-order valence-electron chi connectivity index (χ1n) is 6.57. The van der Waals surface area contributed by atoms with Gasteiger partial charge in [0.1, 0.15) is 0 Å². The van der Waals surface area contributed by atoms with Crippen LogP contribution in [0.25, 0.3) is 0 Å². The number of benzene rings is 2. The lowest BCUT2D eigenvalue weighted by atomic mass is 9.85. The van der Waals surface area contributed by atoms with Gasteiger partial charge in [0.25, 0.3) is 0 Å². The Morgan fingerprint density at radius 2 is 1.47 bits per heavy atom. The molecule has 0 aliphatic carbocycles. The summed E-state index contributed by atoms with van der Waals surface area (Å²) in [5.74, 6) is 0.0346. The Balaban J connectivity index is 2.52. The van der Waals surface area contributed by atoms with Crippen molar-refractivity contribution in [2.24, 2.45) is 0 Å². The van der Waals surface area contributed by atoms with Crippen LogP contribution in [0.2, 0.25) is 0 Å². The molecule has 0 bridgehead atoms. The first kappa shape index (κ1) is 13.1. The van der Waals surface area contributed by atoms with Crippen LogP contribution in [0.3, 0.4) is 0 Å². The van der Waals surface area contributed by atoms with Crippen LogP contribution in [0, 0.1) is 11.3 Å². The van der Waals surface area contributed by atoms with Crippen LogP contribution < -0.4 is 0 Å². The molecule has 0 heterocycles. The molecular weight excluding hydrogens is 230 g/mol. The number of rotatable bonds is 4. The fourth-order valence-corrected chi connectivity index (χ4v) is 2.29. The first-order chi connectivity index (χ1) is 9.36. The van der Waals surface area contributed by atoms with Crippen molar-refractivity contribution in [3.63, 3.8) is 0 Å². The largest absolute Gasteiger partial charge is 0.193 e. The molecule has 1 nitrogen and oxygen atoms in total. The molecule has 0 radical (unpaired) electrons. The first-order valence-corrected chi connectivity index (χ1v) is 6.57. The Morgan fingerprint density at radius 1 is 1.00 bits per heavy atom. The second kappa shape index (κ2) is 6.56. The fourth-order valence-electron chi connectivity index (χ4n) is 2.29. The molecule has 0 atom stereocenters. The van der Waals surface area contributed by atoms with E-state index in [1.54, 1.807) is 0 Å². The van der Waals surface area contributed by atoms with Gasteiger partial charge in [-0.2, -0.15) is 5.26 Å². The summed E-state index contributed by atoms with van der Waals surface area (Å²) < 4.78 is 0. The van der Waals surface area contributed by atoms with E-state index >= 15 is 0 Å². The molecule has 2 aromatic carbocycles. The van der Waals surface area contributed by atoms with Gasteiger partial charge in [0, 0.05) is 11.5 Å². The zero-order valence-corrected chi connectivity index (χ0v) is 11.1. The average molecular weight is 247 g/mol.